The maximum atomic E-state index is 10.8. The highest BCUT2D eigenvalue weighted by atomic mass is 35.5. The molecular formula is C10H12Cl2N2O3. The van der Waals surface area contributed by atoms with E-state index >= 15 is 0 Å². The molecule has 0 spiro atoms. The second-order valence-corrected chi connectivity index (χ2v) is 4.21. The second-order valence-electron chi connectivity index (χ2n) is 3.40. The summed E-state index contributed by atoms with van der Waals surface area (Å²) in [6.45, 7) is 0.629. The summed E-state index contributed by atoms with van der Waals surface area (Å²) in [6.07, 6.45) is 1.36. The van der Waals surface area contributed by atoms with Gasteiger partial charge in [-0.15, -0.1) is 0 Å². The number of hydrogen-bond acceptors (Lipinski definition) is 4. The van der Waals surface area contributed by atoms with Gasteiger partial charge in [0.05, 0.1) is 15.0 Å². The van der Waals surface area contributed by atoms with Crippen LogP contribution in [-0.4, -0.2) is 23.2 Å². The van der Waals surface area contributed by atoms with Gasteiger partial charge in [0, 0.05) is 19.2 Å². The summed E-state index contributed by atoms with van der Waals surface area (Å²) in [5, 5.41) is 22.7. The lowest BCUT2D eigenvalue weighted by molar-refractivity contribution is -0.383. The summed E-state index contributed by atoms with van der Waals surface area (Å²) >= 11 is 11.5. The van der Waals surface area contributed by atoms with Gasteiger partial charge in [0.15, 0.2) is 0 Å². The third-order valence-electron chi connectivity index (χ3n) is 2.14. The van der Waals surface area contributed by atoms with Gasteiger partial charge in [-0.1, -0.05) is 23.2 Å². The number of unbranched alkanes of at least 4 members (excludes halogenated alkanes) is 1. The minimum Gasteiger partial charge on any atom is -0.396 e. The number of aliphatic hydroxyl groups excluding tert-OH is 1. The highest BCUT2D eigenvalue weighted by Crippen LogP contribution is 2.33. The maximum Gasteiger partial charge on any atom is 0.293 e. The van der Waals surface area contributed by atoms with Crippen molar-refractivity contribution in [1.82, 2.24) is 0 Å². The molecule has 0 fully saturated rings. The van der Waals surface area contributed by atoms with Crippen molar-refractivity contribution in [2.75, 3.05) is 18.5 Å². The second kappa shape index (κ2) is 6.64. The Labute approximate surface area is 108 Å². The van der Waals surface area contributed by atoms with Crippen LogP contribution in [0.5, 0.6) is 0 Å². The normalized spacial score (nSPS) is 10.3. The molecule has 0 atom stereocenters. The van der Waals surface area contributed by atoms with E-state index in [4.69, 9.17) is 28.3 Å². The quantitative estimate of drug-likeness (QED) is 0.476. The first-order valence-electron chi connectivity index (χ1n) is 5.04. The standard InChI is InChI=1S/C10H12Cl2N2O3/c11-7-5-9(13-3-1-2-4-15)10(14(16)17)6-8(7)12/h5-6,13,15H,1-4H2. The minimum atomic E-state index is -0.517. The zero-order valence-electron chi connectivity index (χ0n) is 8.95. The molecule has 2 N–H and O–H groups in total. The number of nitro groups is 1. The largest absolute Gasteiger partial charge is 0.396 e. The van der Waals surface area contributed by atoms with Crippen molar-refractivity contribution >= 4 is 34.6 Å². The summed E-state index contributed by atoms with van der Waals surface area (Å²) in [7, 11) is 0. The van der Waals surface area contributed by atoms with Crippen molar-refractivity contribution in [1.29, 1.82) is 0 Å². The average Bonchev–Trinajstić information content (AvgIpc) is 2.28. The van der Waals surface area contributed by atoms with Gasteiger partial charge in [-0.05, 0) is 18.9 Å². The molecule has 0 saturated heterocycles. The molecule has 0 radical (unpaired) electrons. The first kappa shape index (κ1) is 14.0. The summed E-state index contributed by atoms with van der Waals surface area (Å²) < 4.78 is 0. The zero-order valence-corrected chi connectivity index (χ0v) is 10.5. The predicted octanol–water partition coefficient (Wildman–Crippen LogP) is 3.09. The lowest BCUT2D eigenvalue weighted by atomic mass is 10.2. The molecule has 7 heteroatoms. The lowest BCUT2D eigenvalue weighted by Crippen LogP contribution is -2.05. The van der Waals surface area contributed by atoms with E-state index in [1.165, 1.54) is 12.1 Å². The molecule has 0 aliphatic heterocycles. The van der Waals surface area contributed by atoms with Crippen molar-refractivity contribution in [2.24, 2.45) is 0 Å². The lowest BCUT2D eigenvalue weighted by Gasteiger charge is -2.07. The van der Waals surface area contributed by atoms with Crippen LogP contribution in [0, 0.1) is 10.1 Å². The van der Waals surface area contributed by atoms with Crippen LogP contribution < -0.4 is 5.32 Å². The van der Waals surface area contributed by atoms with Crippen molar-refractivity contribution in [3.8, 4) is 0 Å². The number of nitro benzene ring substituents is 1. The van der Waals surface area contributed by atoms with Gasteiger partial charge in [-0.25, -0.2) is 0 Å². The number of benzene rings is 1. The van der Waals surface area contributed by atoms with E-state index in [1.54, 1.807) is 0 Å². The van der Waals surface area contributed by atoms with Gasteiger partial charge in [-0.3, -0.25) is 10.1 Å². The number of rotatable bonds is 6. The number of aliphatic hydroxyl groups is 1. The molecule has 94 valence electrons. The van der Waals surface area contributed by atoms with E-state index in [-0.39, 0.29) is 22.3 Å². The van der Waals surface area contributed by atoms with E-state index in [9.17, 15) is 10.1 Å². The van der Waals surface area contributed by atoms with Crippen LogP contribution in [-0.2, 0) is 0 Å². The Morgan fingerprint density at radius 2 is 1.94 bits per heavy atom. The Bertz CT molecular complexity index is 413. The van der Waals surface area contributed by atoms with Crippen LogP contribution in [0.2, 0.25) is 10.0 Å². The summed E-state index contributed by atoms with van der Waals surface area (Å²) in [5.41, 5.74) is 0.228. The van der Waals surface area contributed by atoms with Crippen LogP contribution in [0.25, 0.3) is 0 Å². The van der Waals surface area contributed by atoms with E-state index in [0.29, 0.717) is 25.1 Å². The Hall–Kier alpha value is -1.04. The van der Waals surface area contributed by atoms with Gasteiger partial charge < -0.3 is 10.4 Å². The molecule has 0 unspecified atom stereocenters. The molecule has 17 heavy (non-hydrogen) atoms. The highest BCUT2D eigenvalue weighted by molar-refractivity contribution is 6.42. The van der Waals surface area contributed by atoms with Crippen molar-refractivity contribution in [3.05, 3.63) is 32.3 Å². The van der Waals surface area contributed by atoms with Gasteiger partial charge in [-0.2, -0.15) is 0 Å². The third-order valence-corrected chi connectivity index (χ3v) is 2.86. The summed E-state index contributed by atoms with van der Waals surface area (Å²) in [6, 6.07) is 2.65. The van der Waals surface area contributed by atoms with E-state index < -0.39 is 4.92 Å². The predicted molar refractivity (Wildman–Crippen MR) is 67.9 cm³/mol. The Kier molecular flexibility index (Phi) is 5.47. The van der Waals surface area contributed by atoms with E-state index in [0.717, 1.165) is 0 Å². The zero-order chi connectivity index (χ0) is 12.8. The number of nitrogens with one attached hydrogen (secondary N) is 1. The fraction of sp³-hybridized carbons (Fsp3) is 0.400. The smallest absolute Gasteiger partial charge is 0.293 e. The molecule has 0 aliphatic carbocycles. The monoisotopic (exact) mass is 278 g/mol. The van der Waals surface area contributed by atoms with E-state index in [2.05, 4.69) is 5.32 Å². The molecule has 1 aromatic rings. The number of anilines is 1. The van der Waals surface area contributed by atoms with Gasteiger partial charge in [0.25, 0.3) is 5.69 Å². The molecule has 1 aromatic carbocycles. The molecule has 0 bridgehead atoms. The molecule has 0 aromatic heterocycles. The average molecular weight is 279 g/mol. The van der Waals surface area contributed by atoms with Gasteiger partial charge in [0.2, 0.25) is 0 Å². The summed E-state index contributed by atoms with van der Waals surface area (Å²) in [5.74, 6) is 0. The van der Waals surface area contributed by atoms with Gasteiger partial charge >= 0.3 is 0 Å². The number of hydrogen-bond donors (Lipinski definition) is 2. The van der Waals surface area contributed by atoms with Crippen molar-refractivity contribution < 1.29 is 10.0 Å². The van der Waals surface area contributed by atoms with E-state index in [1.807, 2.05) is 0 Å². The molecule has 1 rings (SSSR count). The van der Waals surface area contributed by atoms with Crippen molar-refractivity contribution in [3.63, 3.8) is 0 Å². The molecule has 5 nitrogen and oxygen atoms in total. The fourth-order valence-corrected chi connectivity index (χ4v) is 1.61. The Morgan fingerprint density at radius 1 is 1.29 bits per heavy atom. The molecular weight excluding hydrogens is 267 g/mol. The minimum absolute atomic E-state index is 0.102. The topological polar surface area (TPSA) is 75.4 Å². The molecule has 0 aliphatic rings. The third kappa shape index (κ3) is 4.03. The fourth-order valence-electron chi connectivity index (χ4n) is 1.29. The van der Waals surface area contributed by atoms with Crippen LogP contribution in [0.3, 0.4) is 0 Å². The SMILES string of the molecule is O=[N+]([O-])c1cc(Cl)c(Cl)cc1NCCCCO. The number of nitrogens with zero attached hydrogens (tertiary/aromatic N) is 1. The Balaban J connectivity index is 2.81. The molecule has 0 heterocycles. The molecule has 0 saturated carbocycles. The van der Waals surface area contributed by atoms with Crippen LogP contribution >= 0.6 is 23.2 Å². The Morgan fingerprint density at radius 3 is 2.53 bits per heavy atom. The highest BCUT2D eigenvalue weighted by Gasteiger charge is 2.16. The van der Waals surface area contributed by atoms with Crippen molar-refractivity contribution in [2.45, 2.75) is 12.8 Å². The van der Waals surface area contributed by atoms with Crippen LogP contribution in [0.15, 0.2) is 12.1 Å². The van der Waals surface area contributed by atoms with Crippen LogP contribution in [0.1, 0.15) is 12.8 Å². The summed E-state index contributed by atoms with van der Waals surface area (Å²) in [4.78, 5) is 10.3. The van der Waals surface area contributed by atoms with Gasteiger partial charge in [0.1, 0.15) is 5.69 Å². The first-order valence-corrected chi connectivity index (χ1v) is 5.80. The molecule has 0 amide bonds. The maximum absolute atomic E-state index is 10.8. The first-order chi connectivity index (χ1) is 8.06. The van der Waals surface area contributed by atoms with Crippen LogP contribution in [0.4, 0.5) is 11.4 Å². The number of halogens is 2.